The Kier molecular flexibility index (Phi) is 8.30. The number of aromatic hydroxyl groups is 1. The molecule has 0 aliphatic rings. The number of phenolic OH excluding ortho intramolecular Hbond substituents is 1. The smallest absolute Gasteiger partial charge is 1.00 e. The standard InChI is InChI=1S/C17H14O6S.K.H/c1-2-23-17(19)15-11-13(7-10-16(15)18)4-3-12-5-8-14(9-6-12)24(20,21)22;;/h5-11,18H,2H2,1H3,(H,20,21,22);;/q;+1;-1. The molecule has 2 aromatic rings. The third kappa shape index (κ3) is 6.24. The van der Waals surface area contributed by atoms with Gasteiger partial charge in [0.1, 0.15) is 11.3 Å². The van der Waals surface area contributed by atoms with Crippen molar-refractivity contribution in [2.75, 3.05) is 6.61 Å². The summed E-state index contributed by atoms with van der Waals surface area (Å²) in [6, 6.07) is 9.66. The van der Waals surface area contributed by atoms with Gasteiger partial charge in [-0.1, -0.05) is 11.8 Å². The molecule has 0 spiro atoms. The Bertz CT molecular complexity index is 930. The molecule has 2 rings (SSSR count). The van der Waals surface area contributed by atoms with Crippen molar-refractivity contribution in [3.05, 3.63) is 59.2 Å². The molecule has 0 aliphatic carbocycles. The Morgan fingerprint density at radius 2 is 1.68 bits per heavy atom. The molecule has 0 amide bonds. The summed E-state index contributed by atoms with van der Waals surface area (Å²) in [5.74, 6) is 4.76. The number of phenols is 1. The van der Waals surface area contributed by atoms with Crippen LogP contribution < -0.4 is 51.4 Å². The second-order valence-corrected chi connectivity index (χ2v) is 6.12. The molecule has 6 nitrogen and oxygen atoms in total. The van der Waals surface area contributed by atoms with Gasteiger partial charge in [-0.3, -0.25) is 4.55 Å². The molecular formula is C17H15KO6S. The Labute approximate surface area is 189 Å². The van der Waals surface area contributed by atoms with Gasteiger partial charge in [0, 0.05) is 11.1 Å². The summed E-state index contributed by atoms with van der Waals surface area (Å²) < 4.78 is 35.7. The SMILES string of the molecule is CCOC(=O)c1cc(C#Cc2ccc(S(=O)(=O)O)cc2)ccc1O.[H-].[K+]. The van der Waals surface area contributed by atoms with Crippen molar-refractivity contribution in [1.82, 2.24) is 0 Å². The molecule has 0 unspecified atom stereocenters. The number of ether oxygens (including phenoxy) is 1. The van der Waals surface area contributed by atoms with Crippen LogP contribution in [0.2, 0.25) is 0 Å². The largest absolute Gasteiger partial charge is 1.00 e. The maximum atomic E-state index is 11.7. The molecule has 0 aromatic heterocycles. The Morgan fingerprint density at radius 3 is 2.24 bits per heavy atom. The fourth-order valence-electron chi connectivity index (χ4n) is 1.84. The molecule has 0 heterocycles. The minimum atomic E-state index is -4.24. The van der Waals surface area contributed by atoms with Crippen molar-refractivity contribution < 1.29 is 80.4 Å². The summed E-state index contributed by atoms with van der Waals surface area (Å²) >= 11 is 0. The number of carbonyl (C=O) groups is 1. The Morgan fingerprint density at radius 1 is 1.12 bits per heavy atom. The van der Waals surface area contributed by atoms with E-state index in [9.17, 15) is 18.3 Å². The van der Waals surface area contributed by atoms with Gasteiger partial charge in [-0.05, 0) is 49.4 Å². The van der Waals surface area contributed by atoms with Gasteiger partial charge in [-0.2, -0.15) is 8.42 Å². The van der Waals surface area contributed by atoms with Crippen molar-refractivity contribution in [2.45, 2.75) is 11.8 Å². The van der Waals surface area contributed by atoms with Crippen LogP contribution in [0.4, 0.5) is 0 Å². The zero-order valence-corrected chi connectivity index (χ0v) is 17.6. The van der Waals surface area contributed by atoms with Crippen molar-refractivity contribution in [1.29, 1.82) is 0 Å². The minimum absolute atomic E-state index is 0. The zero-order valence-electron chi connectivity index (χ0n) is 14.7. The maximum Gasteiger partial charge on any atom is 1.00 e. The summed E-state index contributed by atoms with van der Waals surface area (Å²) in [5, 5.41) is 9.69. The minimum Gasteiger partial charge on any atom is -1.00 e. The van der Waals surface area contributed by atoms with Crippen molar-refractivity contribution in [3.63, 3.8) is 0 Å². The third-order valence-corrected chi connectivity index (χ3v) is 3.86. The summed E-state index contributed by atoms with van der Waals surface area (Å²) in [5.41, 5.74) is 1.02. The van der Waals surface area contributed by atoms with Crippen LogP contribution in [0.15, 0.2) is 47.4 Å². The van der Waals surface area contributed by atoms with E-state index in [1.54, 1.807) is 6.92 Å². The van der Waals surface area contributed by atoms with Crippen molar-refractivity contribution >= 4 is 16.1 Å². The quantitative estimate of drug-likeness (QED) is 0.314. The summed E-state index contributed by atoms with van der Waals surface area (Å²) in [7, 11) is -4.24. The number of esters is 1. The number of carbonyl (C=O) groups excluding carboxylic acids is 1. The van der Waals surface area contributed by atoms with Gasteiger partial charge >= 0.3 is 57.4 Å². The Hall–Kier alpha value is -1.18. The van der Waals surface area contributed by atoms with E-state index in [1.165, 1.54) is 42.5 Å². The third-order valence-electron chi connectivity index (χ3n) is 3.00. The number of hydrogen-bond donors (Lipinski definition) is 2. The molecule has 0 aliphatic heterocycles. The van der Waals surface area contributed by atoms with Crippen LogP contribution >= 0.6 is 0 Å². The zero-order chi connectivity index (χ0) is 17.7. The fourth-order valence-corrected chi connectivity index (χ4v) is 2.32. The average Bonchev–Trinajstić information content (AvgIpc) is 2.54. The number of hydrogen-bond acceptors (Lipinski definition) is 5. The van der Waals surface area contributed by atoms with Gasteiger partial charge in [0.2, 0.25) is 0 Å². The second-order valence-electron chi connectivity index (χ2n) is 4.70. The second kappa shape index (κ2) is 9.50. The van der Waals surface area contributed by atoms with Gasteiger partial charge in [-0.25, -0.2) is 4.79 Å². The number of benzene rings is 2. The van der Waals surface area contributed by atoms with Crippen molar-refractivity contribution in [3.8, 4) is 17.6 Å². The molecule has 25 heavy (non-hydrogen) atoms. The van der Waals surface area contributed by atoms with E-state index in [0.717, 1.165) is 0 Å². The molecular weight excluding hydrogens is 371 g/mol. The molecule has 0 radical (unpaired) electrons. The molecule has 0 saturated carbocycles. The summed E-state index contributed by atoms with van der Waals surface area (Å²) in [6.45, 7) is 1.85. The van der Waals surface area contributed by atoms with Crippen LogP contribution in [0.25, 0.3) is 0 Å². The van der Waals surface area contributed by atoms with E-state index in [-0.39, 0.29) is 75.6 Å². The van der Waals surface area contributed by atoms with Gasteiger partial charge in [0.05, 0.1) is 11.5 Å². The first-order valence-corrected chi connectivity index (χ1v) is 8.35. The number of rotatable bonds is 3. The molecule has 0 atom stereocenters. The predicted octanol–water partition coefficient (Wildman–Crippen LogP) is -0.668. The average molecular weight is 386 g/mol. The van der Waals surface area contributed by atoms with E-state index in [4.69, 9.17) is 9.29 Å². The fraction of sp³-hybridized carbons (Fsp3) is 0.118. The van der Waals surface area contributed by atoms with Gasteiger partial charge in [0.15, 0.2) is 0 Å². The molecule has 0 fully saturated rings. The molecule has 8 heteroatoms. The maximum absolute atomic E-state index is 11.7. The van der Waals surface area contributed by atoms with Crippen LogP contribution in [0.5, 0.6) is 5.75 Å². The van der Waals surface area contributed by atoms with Crippen LogP contribution in [-0.4, -0.2) is 30.7 Å². The van der Waals surface area contributed by atoms with E-state index < -0.39 is 16.1 Å². The van der Waals surface area contributed by atoms with Crippen LogP contribution in [-0.2, 0) is 14.9 Å². The van der Waals surface area contributed by atoms with E-state index >= 15 is 0 Å². The van der Waals surface area contributed by atoms with Gasteiger partial charge in [0.25, 0.3) is 10.1 Å². The molecule has 0 bridgehead atoms. The molecule has 2 aromatic carbocycles. The van der Waals surface area contributed by atoms with E-state index in [1.807, 2.05) is 0 Å². The summed E-state index contributed by atoms with van der Waals surface area (Å²) in [4.78, 5) is 11.5. The van der Waals surface area contributed by atoms with Crippen LogP contribution in [0.1, 0.15) is 29.8 Å². The van der Waals surface area contributed by atoms with Crippen molar-refractivity contribution in [2.24, 2.45) is 0 Å². The topological polar surface area (TPSA) is 101 Å². The van der Waals surface area contributed by atoms with E-state index in [0.29, 0.717) is 11.1 Å². The molecule has 2 N–H and O–H groups in total. The molecule has 126 valence electrons. The first kappa shape index (κ1) is 21.9. The Balaban J connectivity index is 0.00000312. The predicted molar refractivity (Wildman–Crippen MR) is 87.4 cm³/mol. The normalized spacial score (nSPS) is 10.2. The van der Waals surface area contributed by atoms with Crippen LogP contribution in [0.3, 0.4) is 0 Å². The van der Waals surface area contributed by atoms with Gasteiger partial charge in [-0.15, -0.1) is 0 Å². The van der Waals surface area contributed by atoms with E-state index in [2.05, 4.69) is 11.8 Å². The first-order valence-electron chi connectivity index (χ1n) is 6.91. The summed E-state index contributed by atoms with van der Waals surface area (Å²) in [6.07, 6.45) is 0. The van der Waals surface area contributed by atoms with Crippen LogP contribution in [0, 0.1) is 11.8 Å². The molecule has 0 saturated heterocycles. The monoisotopic (exact) mass is 386 g/mol. The van der Waals surface area contributed by atoms with Gasteiger partial charge < -0.3 is 11.3 Å². The first-order chi connectivity index (χ1) is 11.3.